The van der Waals surface area contributed by atoms with Crippen molar-refractivity contribution in [1.82, 2.24) is 15.1 Å². The van der Waals surface area contributed by atoms with Crippen molar-refractivity contribution in [1.29, 1.82) is 0 Å². The van der Waals surface area contributed by atoms with Crippen molar-refractivity contribution in [3.63, 3.8) is 0 Å². The van der Waals surface area contributed by atoms with E-state index in [2.05, 4.69) is 15.1 Å². The zero-order valence-electron chi connectivity index (χ0n) is 9.22. The lowest BCUT2D eigenvalue weighted by molar-refractivity contribution is 0.00973. The monoisotopic (exact) mass is 240 g/mol. The quantitative estimate of drug-likeness (QED) is 0.877. The van der Waals surface area contributed by atoms with E-state index >= 15 is 0 Å². The molecule has 0 aliphatic heterocycles. The van der Waals surface area contributed by atoms with E-state index in [9.17, 15) is 0 Å². The predicted octanol–water partition coefficient (Wildman–Crippen LogP) is 1.66. The lowest BCUT2D eigenvalue weighted by Crippen LogP contribution is -2.21. The lowest BCUT2D eigenvalue weighted by Gasteiger charge is -2.17. The summed E-state index contributed by atoms with van der Waals surface area (Å²) in [6, 6.07) is 0. The Hall–Kier alpha value is -1.47. The van der Waals surface area contributed by atoms with Crippen LogP contribution in [0.15, 0.2) is 9.90 Å². The predicted molar refractivity (Wildman–Crippen MR) is 59.9 cm³/mol. The van der Waals surface area contributed by atoms with Gasteiger partial charge in [-0.1, -0.05) is 5.16 Å². The summed E-state index contributed by atoms with van der Waals surface area (Å²) >= 11 is 1.33. The van der Waals surface area contributed by atoms with Gasteiger partial charge < -0.3 is 15.0 Å². The van der Waals surface area contributed by atoms with Crippen LogP contribution in [0.3, 0.4) is 0 Å². The third-order valence-corrected chi connectivity index (χ3v) is 2.89. The van der Waals surface area contributed by atoms with Crippen molar-refractivity contribution in [3.8, 4) is 11.6 Å². The molecule has 0 spiro atoms. The summed E-state index contributed by atoms with van der Waals surface area (Å²) in [6.45, 7) is 3.72. The van der Waals surface area contributed by atoms with Crippen molar-refractivity contribution < 1.29 is 9.26 Å². The number of thiazole rings is 1. The van der Waals surface area contributed by atoms with Crippen molar-refractivity contribution in [3.05, 3.63) is 11.2 Å². The molecular weight excluding hydrogens is 228 g/mol. The second-order valence-electron chi connectivity index (χ2n) is 3.71. The zero-order valence-corrected chi connectivity index (χ0v) is 10.0. The fraction of sp³-hybridized carbons (Fsp3) is 0.444. The second kappa shape index (κ2) is 3.84. The van der Waals surface area contributed by atoms with Crippen LogP contribution in [0.5, 0.6) is 0 Å². The highest BCUT2D eigenvalue weighted by Gasteiger charge is 2.26. The molecule has 0 atom stereocenters. The number of nitrogens with two attached hydrogens (primary N) is 1. The molecule has 7 heteroatoms. The van der Waals surface area contributed by atoms with E-state index < -0.39 is 5.60 Å². The molecule has 0 radical (unpaired) electrons. The van der Waals surface area contributed by atoms with Gasteiger partial charge in [-0.3, -0.25) is 0 Å². The maximum absolute atomic E-state index is 5.53. The van der Waals surface area contributed by atoms with E-state index in [4.69, 9.17) is 15.0 Å². The standard InChI is InChI=1S/C9H12N4O2S/c1-9(2,14-3)7-12-6(15-13-7)5-4-16-8(10)11-5/h4H,1-3H3,(H2,10,11). The highest BCUT2D eigenvalue weighted by atomic mass is 32.1. The van der Waals surface area contributed by atoms with Gasteiger partial charge in [-0.2, -0.15) is 4.98 Å². The van der Waals surface area contributed by atoms with Crippen LogP contribution in [-0.4, -0.2) is 22.2 Å². The summed E-state index contributed by atoms with van der Waals surface area (Å²) in [4.78, 5) is 8.28. The summed E-state index contributed by atoms with van der Waals surface area (Å²) in [5.74, 6) is 0.838. The Morgan fingerprint density at radius 3 is 2.75 bits per heavy atom. The molecule has 0 unspecified atom stereocenters. The minimum atomic E-state index is -0.580. The third-order valence-electron chi connectivity index (χ3n) is 2.22. The van der Waals surface area contributed by atoms with Crippen LogP contribution in [0.2, 0.25) is 0 Å². The Balaban J connectivity index is 2.33. The van der Waals surface area contributed by atoms with Crippen LogP contribution in [0.1, 0.15) is 19.7 Å². The van der Waals surface area contributed by atoms with Crippen LogP contribution in [0, 0.1) is 0 Å². The average molecular weight is 240 g/mol. The van der Waals surface area contributed by atoms with Crippen LogP contribution < -0.4 is 5.73 Å². The second-order valence-corrected chi connectivity index (χ2v) is 4.60. The molecule has 0 fully saturated rings. The number of hydrogen-bond acceptors (Lipinski definition) is 7. The molecule has 2 N–H and O–H groups in total. The first-order valence-corrected chi connectivity index (χ1v) is 5.51. The van der Waals surface area contributed by atoms with Gasteiger partial charge in [0.15, 0.2) is 5.13 Å². The zero-order chi connectivity index (χ0) is 11.8. The molecule has 6 nitrogen and oxygen atoms in total. The van der Waals surface area contributed by atoms with Crippen LogP contribution >= 0.6 is 11.3 Å². The molecule has 0 bridgehead atoms. The summed E-state index contributed by atoms with van der Waals surface area (Å²) < 4.78 is 10.4. The largest absolute Gasteiger partial charge is 0.375 e. The fourth-order valence-corrected chi connectivity index (χ4v) is 1.59. The summed E-state index contributed by atoms with van der Waals surface area (Å²) in [5, 5.41) is 6.10. The van der Waals surface area contributed by atoms with E-state index in [-0.39, 0.29) is 0 Å². The van der Waals surface area contributed by atoms with Crippen molar-refractivity contribution >= 4 is 16.5 Å². The highest BCUT2D eigenvalue weighted by Crippen LogP contribution is 2.25. The molecule has 16 heavy (non-hydrogen) atoms. The Bertz CT molecular complexity index is 491. The number of rotatable bonds is 3. The van der Waals surface area contributed by atoms with Gasteiger partial charge in [0, 0.05) is 12.5 Å². The molecule has 2 rings (SSSR count). The first-order valence-electron chi connectivity index (χ1n) is 4.63. The van der Waals surface area contributed by atoms with E-state index in [1.54, 1.807) is 12.5 Å². The number of aromatic nitrogens is 3. The maximum Gasteiger partial charge on any atom is 0.277 e. The molecule has 2 aromatic rings. The smallest absolute Gasteiger partial charge is 0.277 e. The number of methoxy groups -OCH3 is 1. The molecule has 0 aliphatic carbocycles. The minimum absolute atomic E-state index is 0.355. The van der Waals surface area contributed by atoms with Gasteiger partial charge in [0.2, 0.25) is 5.82 Å². The average Bonchev–Trinajstić information content (AvgIpc) is 2.85. The van der Waals surface area contributed by atoms with Crippen LogP contribution in [-0.2, 0) is 10.3 Å². The molecule has 2 heterocycles. The van der Waals surface area contributed by atoms with Crippen LogP contribution in [0.25, 0.3) is 11.6 Å². The SMILES string of the molecule is COC(C)(C)c1noc(-c2csc(N)n2)n1. The number of nitrogen functional groups attached to an aromatic ring is 1. The molecule has 0 aliphatic rings. The summed E-state index contributed by atoms with van der Waals surface area (Å²) in [6.07, 6.45) is 0. The summed E-state index contributed by atoms with van der Waals surface area (Å²) in [5.41, 5.74) is 5.54. The first-order chi connectivity index (χ1) is 7.53. The van der Waals surface area contributed by atoms with Gasteiger partial charge in [0.25, 0.3) is 5.89 Å². The Morgan fingerprint density at radius 1 is 1.44 bits per heavy atom. The Kier molecular flexibility index (Phi) is 2.64. The molecule has 0 aromatic carbocycles. The van der Waals surface area contributed by atoms with Crippen molar-refractivity contribution in [2.45, 2.75) is 19.4 Å². The Labute approximate surface area is 96.4 Å². The number of ether oxygens (including phenoxy) is 1. The van der Waals surface area contributed by atoms with Gasteiger partial charge in [-0.15, -0.1) is 11.3 Å². The van der Waals surface area contributed by atoms with Gasteiger partial charge >= 0.3 is 0 Å². The fourth-order valence-electron chi connectivity index (χ4n) is 1.05. The molecule has 0 saturated carbocycles. The number of hydrogen-bond donors (Lipinski definition) is 1. The third kappa shape index (κ3) is 1.91. The van der Waals surface area contributed by atoms with Crippen molar-refractivity contribution in [2.24, 2.45) is 0 Å². The molecular formula is C9H12N4O2S. The first kappa shape index (κ1) is 11.0. The molecule has 0 amide bonds. The highest BCUT2D eigenvalue weighted by molar-refractivity contribution is 7.13. The van der Waals surface area contributed by atoms with E-state index in [0.717, 1.165) is 0 Å². The van der Waals surface area contributed by atoms with Gasteiger partial charge in [-0.25, -0.2) is 4.98 Å². The Morgan fingerprint density at radius 2 is 2.19 bits per heavy atom. The molecule has 0 saturated heterocycles. The molecule has 2 aromatic heterocycles. The van der Waals surface area contributed by atoms with E-state index in [1.165, 1.54) is 11.3 Å². The maximum atomic E-state index is 5.53. The van der Waals surface area contributed by atoms with E-state index in [1.807, 2.05) is 13.8 Å². The van der Waals surface area contributed by atoms with Gasteiger partial charge in [0.05, 0.1) is 0 Å². The number of anilines is 1. The topological polar surface area (TPSA) is 87.1 Å². The van der Waals surface area contributed by atoms with Crippen LogP contribution in [0.4, 0.5) is 5.13 Å². The van der Waals surface area contributed by atoms with Gasteiger partial charge in [-0.05, 0) is 13.8 Å². The lowest BCUT2D eigenvalue weighted by atomic mass is 10.1. The van der Waals surface area contributed by atoms with Gasteiger partial charge in [0.1, 0.15) is 11.3 Å². The van der Waals surface area contributed by atoms with Crippen molar-refractivity contribution in [2.75, 3.05) is 12.8 Å². The van der Waals surface area contributed by atoms with E-state index in [0.29, 0.717) is 22.5 Å². The summed E-state index contributed by atoms with van der Waals surface area (Å²) in [7, 11) is 1.59. The number of nitrogens with zero attached hydrogens (tertiary/aromatic N) is 3. The normalized spacial score (nSPS) is 11.9. The minimum Gasteiger partial charge on any atom is -0.375 e. The molecule has 86 valence electrons.